The van der Waals surface area contributed by atoms with Crippen molar-refractivity contribution in [3.05, 3.63) is 33.9 Å². The van der Waals surface area contributed by atoms with Gasteiger partial charge in [-0.05, 0) is 18.6 Å². The van der Waals surface area contributed by atoms with Gasteiger partial charge in [0.05, 0.1) is 17.1 Å². The van der Waals surface area contributed by atoms with Crippen molar-refractivity contribution >= 4 is 5.69 Å². The first kappa shape index (κ1) is 14.3. The van der Waals surface area contributed by atoms with Gasteiger partial charge in [-0.2, -0.15) is 13.2 Å². The Morgan fingerprint density at radius 3 is 2.56 bits per heavy atom. The second-order valence-corrected chi connectivity index (χ2v) is 3.64. The maximum absolute atomic E-state index is 12.5. The van der Waals surface area contributed by atoms with E-state index in [1.165, 1.54) is 0 Å². The van der Waals surface area contributed by atoms with Gasteiger partial charge in [0.1, 0.15) is 0 Å². The minimum atomic E-state index is -4.54. The van der Waals surface area contributed by atoms with E-state index in [0.29, 0.717) is 18.6 Å². The highest BCUT2D eigenvalue weighted by Crippen LogP contribution is 2.36. The average Bonchev–Trinajstić information content (AvgIpc) is 2.27. The normalized spacial score (nSPS) is 11.3. The molecule has 0 atom stereocenters. The predicted octanol–water partition coefficient (Wildman–Crippen LogP) is 3.79. The van der Waals surface area contributed by atoms with Crippen LogP contribution in [0.1, 0.15) is 25.3 Å². The van der Waals surface area contributed by atoms with Crippen molar-refractivity contribution in [1.82, 2.24) is 0 Å². The fraction of sp³-hybridized carbons (Fsp3) is 0.455. The third-order valence-corrected chi connectivity index (χ3v) is 2.24. The maximum atomic E-state index is 12.5. The molecule has 0 fully saturated rings. The third-order valence-electron chi connectivity index (χ3n) is 2.24. The lowest BCUT2D eigenvalue weighted by Crippen LogP contribution is -2.07. The predicted molar refractivity (Wildman–Crippen MR) is 58.5 cm³/mol. The molecular weight excluding hydrogens is 251 g/mol. The van der Waals surface area contributed by atoms with Crippen molar-refractivity contribution in [2.75, 3.05) is 6.61 Å². The molecule has 0 saturated heterocycles. The molecule has 1 aromatic carbocycles. The van der Waals surface area contributed by atoms with Crippen LogP contribution in [0.25, 0.3) is 0 Å². The van der Waals surface area contributed by atoms with Gasteiger partial charge in [-0.15, -0.1) is 0 Å². The van der Waals surface area contributed by atoms with Gasteiger partial charge in [0, 0.05) is 6.07 Å². The second kappa shape index (κ2) is 5.70. The van der Waals surface area contributed by atoms with Gasteiger partial charge in [0.15, 0.2) is 5.75 Å². The van der Waals surface area contributed by atoms with E-state index in [2.05, 4.69) is 0 Å². The summed E-state index contributed by atoms with van der Waals surface area (Å²) in [5.74, 6) is -0.344. The molecule has 1 rings (SSSR count). The molecule has 0 bridgehead atoms. The number of nitro benzene ring substituents is 1. The number of ether oxygens (including phenoxy) is 1. The van der Waals surface area contributed by atoms with E-state index in [4.69, 9.17) is 4.74 Å². The van der Waals surface area contributed by atoms with Crippen LogP contribution < -0.4 is 4.74 Å². The Bertz CT molecular complexity index is 432. The topological polar surface area (TPSA) is 52.4 Å². The van der Waals surface area contributed by atoms with Gasteiger partial charge in [0.25, 0.3) is 0 Å². The molecule has 0 aliphatic rings. The van der Waals surface area contributed by atoms with Crippen LogP contribution in [0.15, 0.2) is 18.2 Å². The fourth-order valence-corrected chi connectivity index (χ4v) is 1.28. The Balaban J connectivity index is 3.04. The average molecular weight is 263 g/mol. The van der Waals surface area contributed by atoms with E-state index in [1.54, 1.807) is 0 Å². The van der Waals surface area contributed by atoms with Crippen molar-refractivity contribution in [3.63, 3.8) is 0 Å². The molecule has 0 amide bonds. The van der Waals surface area contributed by atoms with Crippen LogP contribution in [0.5, 0.6) is 5.75 Å². The zero-order chi connectivity index (χ0) is 13.8. The summed E-state index contributed by atoms with van der Waals surface area (Å²) >= 11 is 0. The molecule has 0 saturated carbocycles. The Labute approximate surface area is 102 Å². The molecule has 0 aliphatic carbocycles. The smallest absolute Gasteiger partial charge is 0.416 e. The summed E-state index contributed by atoms with van der Waals surface area (Å²) in [5, 5.41) is 10.7. The number of hydrogen-bond donors (Lipinski definition) is 0. The summed E-state index contributed by atoms with van der Waals surface area (Å²) in [6, 6.07) is 2.14. The number of rotatable bonds is 5. The van der Waals surface area contributed by atoms with Crippen LogP contribution in [0.4, 0.5) is 18.9 Å². The van der Waals surface area contributed by atoms with Gasteiger partial charge in [-0.25, -0.2) is 0 Å². The lowest BCUT2D eigenvalue weighted by Gasteiger charge is -2.10. The maximum Gasteiger partial charge on any atom is 0.416 e. The van der Waals surface area contributed by atoms with E-state index in [9.17, 15) is 23.3 Å². The molecule has 7 heteroatoms. The summed E-state index contributed by atoms with van der Waals surface area (Å²) in [6.45, 7) is 2.03. The van der Waals surface area contributed by atoms with Crippen LogP contribution in [0.3, 0.4) is 0 Å². The molecule has 0 heterocycles. The number of benzene rings is 1. The van der Waals surface area contributed by atoms with Gasteiger partial charge in [-0.1, -0.05) is 13.3 Å². The number of nitro groups is 1. The first-order chi connectivity index (χ1) is 8.36. The second-order valence-electron chi connectivity index (χ2n) is 3.64. The highest BCUT2D eigenvalue weighted by atomic mass is 19.4. The molecule has 0 radical (unpaired) electrons. The lowest BCUT2D eigenvalue weighted by atomic mass is 10.2. The molecule has 100 valence electrons. The Kier molecular flexibility index (Phi) is 4.52. The first-order valence-corrected chi connectivity index (χ1v) is 5.34. The molecule has 0 aromatic heterocycles. The highest BCUT2D eigenvalue weighted by molar-refractivity contribution is 5.49. The summed E-state index contributed by atoms with van der Waals surface area (Å²) in [5.41, 5.74) is -1.42. The number of hydrogen-bond acceptors (Lipinski definition) is 3. The fourth-order valence-electron chi connectivity index (χ4n) is 1.28. The molecule has 4 nitrogen and oxygen atoms in total. The van der Waals surface area contributed by atoms with Crippen LogP contribution >= 0.6 is 0 Å². The van der Waals surface area contributed by atoms with E-state index in [0.717, 1.165) is 12.5 Å². The van der Waals surface area contributed by atoms with Gasteiger partial charge >= 0.3 is 11.9 Å². The van der Waals surface area contributed by atoms with Crippen molar-refractivity contribution in [1.29, 1.82) is 0 Å². The molecule has 0 aliphatic heterocycles. The van der Waals surface area contributed by atoms with Crippen molar-refractivity contribution < 1.29 is 22.8 Å². The van der Waals surface area contributed by atoms with Crippen molar-refractivity contribution in [3.8, 4) is 5.75 Å². The van der Waals surface area contributed by atoms with Crippen LogP contribution in [0.2, 0.25) is 0 Å². The number of unbranched alkanes of at least 4 members (excludes halogenated alkanes) is 1. The van der Waals surface area contributed by atoms with Gasteiger partial charge < -0.3 is 4.74 Å². The van der Waals surface area contributed by atoms with Crippen LogP contribution in [-0.2, 0) is 6.18 Å². The molecule has 0 N–H and O–H groups in total. The molecule has 1 aromatic rings. The Hall–Kier alpha value is -1.79. The number of nitrogens with zero attached hydrogens (tertiary/aromatic N) is 1. The molecule has 0 spiro atoms. The molecule has 0 unspecified atom stereocenters. The Morgan fingerprint density at radius 1 is 1.39 bits per heavy atom. The third kappa shape index (κ3) is 3.61. The zero-order valence-corrected chi connectivity index (χ0v) is 9.66. The number of alkyl halides is 3. The molecule has 18 heavy (non-hydrogen) atoms. The zero-order valence-electron chi connectivity index (χ0n) is 9.66. The molecular formula is C11H12F3NO3. The Morgan fingerprint density at radius 2 is 2.06 bits per heavy atom. The summed E-state index contributed by atoms with van der Waals surface area (Å²) in [4.78, 5) is 9.90. The van der Waals surface area contributed by atoms with E-state index in [1.807, 2.05) is 6.92 Å². The first-order valence-electron chi connectivity index (χ1n) is 5.34. The van der Waals surface area contributed by atoms with Crippen LogP contribution in [-0.4, -0.2) is 11.5 Å². The monoisotopic (exact) mass is 263 g/mol. The van der Waals surface area contributed by atoms with E-state index in [-0.39, 0.29) is 12.4 Å². The largest absolute Gasteiger partial charge is 0.487 e. The SMILES string of the molecule is CCCCOc1cc(C(F)(F)F)ccc1[N+](=O)[O-]. The summed E-state index contributed by atoms with van der Waals surface area (Å²) in [7, 11) is 0. The van der Waals surface area contributed by atoms with Gasteiger partial charge in [0.2, 0.25) is 0 Å². The van der Waals surface area contributed by atoms with Crippen molar-refractivity contribution in [2.45, 2.75) is 25.9 Å². The van der Waals surface area contributed by atoms with Gasteiger partial charge in [-0.3, -0.25) is 10.1 Å². The number of halogens is 3. The van der Waals surface area contributed by atoms with Crippen LogP contribution in [0, 0.1) is 10.1 Å². The summed E-state index contributed by atoms with van der Waals surface area (Å²) < 4.78 is 42.4. The summed E-state index contributed by atoms with van der Waals surface area (Å²) in [6.07, 6.45) is -3.14. The highest BCUT2D eigenvalue weighted by Gasteiger charge is 2.32. The minimum Gasteiger partial charge on any atom is -0.487 e. The quantitative estimate of drug-likeness (QED) is 0.461. The van der Waals surface area contributed by atoms with Crippen molar-refractivity contribution in [2.24, 2.45) is 0 Å². The minimum absolute atomic E-state index is 0.151. The standard InChI is InChI=1S/C11H12F3NO3/c1-2-3-6-18-10-7-8(11(12,13)14)4-5-9(10)15(16)17/h4-5,7H,2-3,6H2,1H3. The lowest BCUT2D eigenvalue weighted by molar-refractivity contribution is -0.385. The van der Waals surface area contributed by atoms with E-state index < -0.39 is 22.4 Å². The van der Waals surface area contributed by atoms with E-state index >= 15 is 0 Å².